The van der Waals surface area contributed by atoms with Crippen LogP contribution in [0.1, 0.15) is 25.0 Å². The lowest BCUT2D eigenvalue weighted by Gasteiger charge is -2.24. The minimum atomic E-state index is -1.37. The van der Waals surface area contributed by atoms with Crippen LogP contribution in [0.4, 0.5) is 5.95 Å². The van der Waals surface area contributed by atoms with E-state index in [2.05, 4.69) is 37.1 Å². The summed E-state index contributed by atoms with van der Waals surface area (Å²) in [6.45, 7) is 3.62. The van der Waals surface area contributed by atoms with Gasteiger partial charge in [-0.05, 0) is 12.8 Å². The second kappa shape index (κ2) is 9.99. The quantitative estimate of drug-likeness (QED) is 0.205. The number of carboxylic acid groups (broad SMARTS) is 2. The average Bonchev–Trinajstić information content (AvgIpc) is 2.77. The Bertz CT molecular complexity index is 1190. The van der Waals surface area contributed by atoms with Crippen LogP contribution < -0.4 is 21.9 Å². The molecule has 0 radical (unpaired) electrons. The van der Waals surface area contributed by atoms with Gasteiger partial charge in [-0.2, -0.15) is 4.98 Å². The third-order valence-corrected chi connectivity index (χ3v) is 5.10. The van der Waals surface area contributed by atoms with Crippen LogP contribution in [-0.4, -0.2) is 60.1 Å². The molecule has 0 bridgehead atoms. The topological polar surface area (TPSA) is 213 Å². The molecule has 0 fully saturated rings. The standard InChI is InChI=1S/C20H23N7O6/c1-9(18(30)31)6-13(19(32)33)25-16(28)10-2-4-11(5-3-10)22-7-12-8-23-15-14(24-12)17(29)27-20(21)26-15/h2,4,8,10-11,13,22H,1,3,5-7H2,(H,25,28)(H,30,31)(H,32,33)(H3,21,23,26,27,29)/t10?,11?,13-/m0/s1. The van der Waals surface area contributed by atoms with Gasteiger partial charge >= 0.3 is 11.9 Å². The number of amides is 1. The first-order valence-corrected chi connectivity index (χ1v) is 10.0. The molecule has 2 aromatic rings. The van der Waals surface area contributed by atoms with E-state index < -0.39 is 41.8 Å². The molecule has 1 amide bonds. The molecule has 0 aliphatic heterocycles. The number of carboxylic acids is 2. The molecule has 0 spiro atoms. The van der Waals surface area contributed by atoms with Gasteiger partial charge in [0.15, 0.2) is 11.2 Å². The van der Waals surface area contributed by atoms with E-state index in [-0.39, 0.29) is 28.7 Å². The van der Waals surface area contributed by atoms with E-state index in [1.807, 2.05) is 0 Å². The summed E-state index contributed by atoms with van der Waals surface area (Å²) in [4.78, 5) is 61.3. The molecule has 3 rings (SSSR count). The fourth-order valence-electron chi connectivity index (χ4n) is 3.31. The number of nitrogens with zero attached hydrogens (tertiary/aromatic N) is 3. The van der Waals surface area contributed by atoms with Crippen molar-refractivity contribution in [3.8, 4) is 0 Å². The lowest BCUT2D eigenvalue weighted by atomic mass is 9.91. The summed E-state index contributed by atoms with van der Waals surface area (Å²) in [7, 11) is 0. The molecule has 13 nitrogen and oxygen atoms in total. The van der Waals surface area contributed by atoms with Gasteiger partial charge in [-0.25, -0.2) is 19.6 Å². The summed E-state index contributed by atoms with van der Waals surface area (Å²) in [5.41, 5.74) is 5.46. The number of H-pyrrole nitrogens is 1. The molecule has 1 aliphatic carbocycles. The van der Waals surface area contributed by atoms with Gasteiger partial charge in [0.2, 0.25) is 11.9 Å². The number of hydrogen-bond donors (Lipinski definition) is 6. The molecule has 33 heavy (non-hydrogen) atoms. The number of anilines is 1. The van der Waals surface area contributed by atoms with Crippen molar-refractivity contribution in [1.82, 2.24) is 30.6 Å². The number of aliphatic carboxylic acids is 2. The number of nitrogens with one attached hydrogen (secondary N) is 3. The van der Waals surface area contributed by atoms with E-state index in [1.165, 1.54) is 6.20 Å². The van der Waals surface area contributed by atoms with Gasteiger partial charge < -0.3 is 26.6 Å². The molecule has 0 saturated heterocycles. The van der Waals surface area contributed by atoms with Gasteiger partial charge in [0, 0.05) is 24.6 Å². The number of rotatable bonds is 9. The summed E-state index contributed by atoms with van der Waals surface area (Å²) >= 11 is 0. The Kier molecular flexibility index (Phi) is 7.13. The molecule has 0 saturated carbocycles. The van der Waals surface area contributed by atoms with Crippen molar-refractivity contribution >= 4 is 35.0 Å². The number of aromatic nitrogens is 4. The maximum absolute atomic E-state index is 12.4. The van der Waals surface area contributed by atoms with Crippen LogP contribution in [0.5, 0.6) is 0 Å². The van der Waals surface area contributed by atoms with E-state index in [1.54, 1.807) is 12.2 Å². The number of carbonyl (C=O) groups is 3. The van der Waals surface area contributed by atoms with Crippen LogP contribution in [0, 0.1) is 5.92 Å². The molecule has 2 aromatic heterocycles. The Morgan fingerprint density at radius 2 is 2.00 bits per heavy atom. The monoisotopic (exact) mass is 457 g/mol. The number of nitrogens with two attached hydrogens (primary N) is 1. The SMILES string of the molecule is C=C(C[C@H](NC(=O)C1C=CC(NCc2cnc3nc(N)[nH]c(=O)c3n2)CC1)C(=O)O)C(=O)O. The van der Waals surface area contributed by atoms with Crippen LogP contribution >= 0.6 is 0 Å². The van der Waals surface area contributed by atoms with Gasteiger partial charge in [0.25, 0.3) is 5.56 Å². The molecule has 13 heteroatoms. The molecule has 174 valence electrons. The molecular formula is C20H23N7O6. The Hall–Kier alpha value is -4.13. The predicted molar refractivity (Wildman–Crippen MR) is 116 cm³/mol. The van der Waals surface area contributed by atoms with Gasteiger partial charge in [-0.3, -0.25) is 14.6 Å². The summed E-state index contributed by atoms with van der Waals surface area (Å²) in [5, 5.41) is 23.7. The summed E-state index contributed by atoms with van der Waals surface area (Å²) in [5.74, 6) is -3.73. The zero-order valence-corrected chi connectivity index (χ0v) is 17.4. The third kappa shape index (κ3) is 5.98. The van der Waals surface area contributed by atoms with Crippen molar-refractivity contribution in [2.24, 2.45) is 5.92 Å². The first kappa shape index (κ1) is 23.5. The molecule has 1 aliphatic rings. The summed E-state index contributed by atoms with van der Waals surface area (Å²) < 4.78 is 0. The highest BCUT2D eigenvalue weighted by Gasteiger charge is 2.27. The van der Waals surface area contributed by atoms with E-state index in [9.17, 15) is 24.3 Å². The molecule has 2 unspecified atom stereocenters. The molecule has 2 heterocycles. The number of nitrogen functional groups attached to an aromatic ring is 1. The zero-order chi connectivity index (χ0) is 24.1. The Labute approximate surface area is 186 Å². The van der Waals surface area contributed by atoms with E-state index in [4.69, 9.17) is 10.8 Å². The Morgan fingerprint density at radius 3 is 2.64 bits per heavy atom. The summed E-state index contributed by atoms with van der Waals surface area (Å²) in [6.07, 6.45) is 5.61. The number of fused-ring (bicyclic) bond motifs is 1. The summed E-state index contributed by atoms with van der Waals surface area (Å²) in [6, 6.07) is -1.44. The minimum Gasteiger partial charge on any atom is -0.480 e. The third-order valence-electron chi connectivity index (χ3n) is 5.10. The highest BCUT2D eigenvalue weighted by molar-refractivity contribution is 5.90. The lowest BCUT2D eigenvalue weighted by Crippen LogP contribution is -2.44. The maximum Gasteiger partial charge on any atom is 0.331 e. The van der Waals surface area contributed by atoms with Crippen molar-refractivity contribution in [2.75, 3.05) is 5.73 Å². The average molecular weight is 457 g/mol. The molecular weight excluding hydrogens is 434 g/mol. The highest BCUT2D eigenvalue weighted by atomic mass is 16.4. The fourth-order valence-corrected chi connectivity index (χ4v) is 3.31. The minimum absolute atomic E-state index is 0.0416. The van der Waals surface area contributed by atoms with E-state index in [0.717, 1.165) is 0 Å². The normalized spacial score (nSPS) is 18.5. The molecule has 7 N–H and O–H groups in total. The number of carbonyl (C=O) groups excluding carboxylic acids is 1. The first-order chi connectivity index (χ1) is 15.6. The maximum atomic E-state index is 12.4. The van der Waals surface area contributed by atoms with Gasteiger partial charge in [0.05, 0.1) is 17.8 Å². The van der Waals surface area contributed by atoms with Gasteiger partial charge in [-0.1, -0.05) is 18.7 Å². The lowest BCUT2D eigenvalue weighted by molar-refractivity contribution is -0.142. The van der Waals surface area contributed by atoms with Crippen molar-refractivity contribution in [1.29, 1.82) is 0 Å². The van der Waals surface area contributed by atoms with E-state index in [0.29, 0.717) is 25.1 Å². The Balaban J connectivity index is 1.56. The van der Waals surface area contributed by atoms with Crippen LogP contribution in [-0.2, 0) is 20.9 Å². The van der Waals surface area contributed by atoms with Crippen molar-refractivity contribution in [3.05, 3.63) is 46.5 Å². The van der Waals surface area contributed by atoms with Gasteiger partial charge in [-0.15, -0.1) is 0 Å². The number of aromatic amines is 1. The fraction of sp³-hybridized carbons (Fsp3) is 0.350. The second-order valence-corrected chi connectivity index (χ2v) is 7.55. The zero-order valence-electron chi connectivity index (χ0n) is 17.4. The largest absolute Gasteiger partial charge is 0.480 e. The second-order valence-electron chi connectivity index (χ2n) is 7.55. The van der Waals surface area contributed by atoms with E-state index >= 15 is 0 Å². The van der Waals surface area contributed by atoms with Crippen molar-refractivity contribution in [3.63, 3.8) is 0 Å². The van der Waals surface area contributed by atoms with Crippen LogP contribution in [0.15, 0.2) is 35.3 Å². The predicted octanol–water partition coefficient (Wildman–Crippen LogP) is -0.680. The van der Waals surface area contributed by atoms with Crippen LogP contribution in [0.2, 0.25) is 0 Å². The van der Waals surface area contributed by atoms with Crippen LogP contribution in [0.3, 0.4) is 0 Å². The molecule has 3 atom stereocenters. The van der Waals surface area contributed by atoms with Crippen molar-refractivity contribution in [2.45, 2.75) is 37.9 Å². The smallest absolute Gasteiger partial charge is 0.331 e. The Morgan fingerprint density at radius 1 is 1.24 bits per heavy atom. The van der Waals surface area contributed by atoms with Gasteiger partial charge in [0.1, 0.15) is 6.04 Å². The van der Waals surface area contributed by atoms with Crippen LogP contribution in [0.25, 0.3) is 11.2 Å². The molecule has 0 aromatic carbocycles. The highest BCUT2D eigenvalue weighted by Crippen LogP contribution is 2.19. The first-order valence-electron chi connectivity index (χ1n) is 10.0. The van der Waals surface area contributed by atoms with Crippen molar-refractivity contribution < 1.29 is 24.6 Å². The number of hydrogen-bond acceptors (Lipinski definition) is 9.